The Bertz CT molecular complexity index is 133. The van der Waals surface area contributed by atoms with Gasteiger partial charge in [-0.15, -0.1) is 0 Å². The van der Waals surface area contributed by atoms with E-state index in [4.69, 9.17) is 9.84 Å². The van der Waals surface area contributed by atoms with Gasteiger partial charge in [-0.2, -0.15) is 0 Å². The Labute approximate surface area is 87.1 Å². The average Bonchev–Trinajstić information content (AvgIpc) is 2.25. The number of nitrogens with zero attached hydrogens (tertiary/aromatic N) is 1. The predicted molar refractivity (Wildman–Crippen MR) is 57.4 cm³/mol. The van der Waals surface area contributed by atoms with Crippen LogP contribution in [0.2, 0.25) is 0 Å². The Morgan fingerprint density at radius 2 is 2.00 bits per heavy atom. The highest BCUT2D eigenvalue weighted by Crippen LogP contribution is 2.15. The van der Waals surface area contributed by atoms with Crippen molar-refractivity contribution in [3.63, 3.8) is 0 Å². The second-order valence-corrected chi connectivity index (χ2v) is 4.08. The third kappa shape index (κ3) is 4.40. The summed E-state index contributed by atoms with van der Waals surface area (Å²) in [6, 6.07) is 0. The molecule has 1 saturated heterocycles. The van der Waals surface area contributed by atoms with Gasteiger partial charge in [0.05, 0.1) is 6.61 Å². The van der Waals surface area contributed by atoms with Crippen molar-refractivity contribution in [2.45, 2.75) is 26.2 Å². The minimum Gasteiger partial charge on any atom is -0.396 e. The molecule has 0 unspecified atom stereocenters. The molecule has 3 heteroatoms. The number of hydrogen-bond donors (Lipinski definition) is 1. The lowest BCUT2D eigenvalue weighted by molar-refractivity contribution is 0.0788. The second kappa shape index (κ2) is 7.21. The largest absolute Gasteiger partial charge is 0.396 e. The Morgan fingerprint density at radius 1 is 1.29 bits per heavy atom. The lowest BCUT2D eigenvalue weighted by Gasteiger charge is -2.30. The number of rotatable bonds is 6. The molecular weight excluding hydrogens is 178 g/mol. The molecule has 0 aromatic carbocycles. The molecule has 1 fully saturated rings. The molecule has 1 aliphatic heterocycles. The fourth-order valence-corrected chi connectivity index (χ4v) is 1.83. The van der Waals surface area contributed by atoms with E-state index in [0.717, 1.165) is 52.1 Å². The Balaban J connectivity index is 1.98. The van der Waals surface area contributed by atoms with Gasteiger partial charge in [-0.25, -0.2) is 0 Å². The van der Waals surface area contributed by atoms with E-state index in [9.17, 15) is 0 Å². The van der Waals surface area contributed by atoms with Gasteiger partial charge >= 0.3 is 0 Å². The van der Waals surface area contributed by atoms with E-state index >= 15 is 0 Å². The van der Waals surface area contributed by atoms with Crippen molar-refractivity contribution < 1.29 is 9.84 Å². The van der Waals surface area contributed by atoms with Gasteiger partial charge in [0, 0.05) is 19.8 Å². The fraction of sp³-hybridized carbons (Fsp3) is 1.00. The van der Waals surface area contributed by atoms with E-state index in [1.807, 2.05) is 0 Å². The highest BCUT2D eigenvalue weighted by Gasteiger charge is 2.17. The number of ether oxygens (including phenoxy) is 1. The van der Waals surface area contributed by atoms with Gasteiger partial charge in [-0.05, 0) is 38.3 Å². The summed E-state index contributed by atoms with van der Waals surface area (Å²) in [6.45, 7) is 7.54. The Hall–Kier alpha value is -0.120. The molecule has 1 N–H and O–H groups in total. The van der Waals surface area contributed by atoms with Crippen LogP contribution in [0.25, 0.3) is 0 Å². The summed E-state index contributed by atoms with van der Waals surface area (Å²) in [5, 5.41) is 8.98. The van der Waals surface area contributed by atoms with E-state index in [1.165, 1.54) is 0 Å². The first-order valence-corrected chi connectivity index (χ1v) is 5.77. The van der Waals surface area contributed by atoms with Crippen LogP contribution in [0.5, 0.6) is 0 Å². The van der Waals surface area contributed by atoms with Crippen molar-refractivity contribution >= 4 is 0 Å². The summed E-state index contributed by atoms with van der Waals surface area (Å²) in [5.74, 6) is 0.544. The van der Waals surface area contributed by atoms with E-state index in [0.29, 0.717) is 12.5 Å². The smallest absolute Gasteiger partial charge is 0.0593 e. The molecule has 0 saturated carbocycles. The van der Waals surface area contributed by atoms with Crippen LogP contribution in [0.4, 0.5) is 0 Å². The number of hydrogen-bond acceptors (Lipinski definition) is 3. The van der Waals surface area contributed by atoms with Crippen LogP contribution in [-0.4, -0.2) is 49.5 Å². The van der Waals surface area contributed by atoms with Crippen molar-refractivity contribution in [2.75, 3.05) is 39.5 Å². The third-order valence-corrected chi connectivity index (χ3v) is 2.87. The van der Waals surface area contributed by atoms with Crippen LogP contribution < -0.4 is 0 Å². The molecule has 84 valence electrons. The maximum atomic E-state index is 8.98. The molecule has 0 amide bonds. The van der Waals surface area contributed by atoms with Crippen LogP contribution >= 0.6 is 0 Å². The fourth-order valence-electron chi connectivity index (χ4n) is 1.83. The zero-order valence-corrected chi connectivity index (χ0v) is 9.24. The summed E-state index contributed by atoms with van der Waals surface area (Å²) in [6.07, 6.45) is 3.39. The molecule has 3 nitrogen and oxygen atoms in total. The summed E-state index contributed by atoms with van der Waals surface area (Å²) in [7, 11) is 0. The molecule has 0 aromatic heterocycles. The van der Waals surface area contributed by atoms with Crippen LogP contribution in [-0.2, 0) is 4.74 Å². The Kier molecular flexibility index (Phi) is 6.15. The van der Waals surface area contributed by atoms with Crippen LogP contribution in [0.15, 0.2) is 0 Å². The third-order valence-electron chi connectivity index (χ3n) is 2.87. The number of likely N-dealkylation sites (tertiary alicyclic amines) is 1. The highest BCUT2D eigenvalue weighted by atomic mass is 16.5. The van der Waals surface area contributed by atoms with Gasteiger partial charge in [0.2, 0.25) is 0 Å². The van der Waals surface area contributed by atoms with Crippen LogP contribution in [0.1, 0.15) is 26.2 Å². The van der Waals surface area contributed by atoms with Gasteiger partial charge in [-0.3, -0.25) is 0 Å². The van der Waals surface area contributed by atoms with Crippen LogP contribution in [0, 0.1) is 5.92 Å². The Morgan fingerprint density at radius 3 is 2.57 bits per heavy atom. The molecule has 0 atom stereocenters. The molecule has 1 aliphatic rings. The molecule has 0 bridgehead atoms. The average molecular weight is 201 g/mol. The zero-order valence-electron chi connectivity index (χ0n) is 9.24. The first-order chi connectivity index (χ1) is 6.86. The molecule has 0 spiro atoms. The van der Waals surface area contributed by atoms with Gasteiger partial charge in [0.1, 0.15) is 0 Å². The van der Waals surface area contributed by atoms with Crippen LogP contribution in [0.3, 0.4) is 0 Å². The quantitative estimate of drug-likeness (QED) is 0.654. The lowest BCUT2D eigenvalue weighted by Crippen LogP contribution is -2.36. The number of piperidine rings is 1. The molecule has 1 rings (SSSR count). The molecule has 0 aliphatic carbocycles. The number of aliphatic hydroxyl groups is 1. The summed E-state index contributed by atoms with van der Waals surface area (Å²) in [4.78, 5) is 2.43. The predicted octanol–water partition coefficient (Wildman–Crippen LogP) is 1.12. The molecule has 0 aromatic rings. The van der Waals surface area contributed by atoms with E-state index in [-0.39, 0.29) is 0 Å². The molecular formula is C11H23NO2. The van der Waals surface area contributed by atoms with E-state index in [1.54, 1.807) is 0 Å². The first-order valence-electron chi connectivity index (χ1n) is 5.77. The zero-order chi connectivity index (χ0) is 10.2. The summed E-state index contributed by atoms with van der Waals surface area (Å²) >= 11 is 0. The lowest BCUT2D eigenvalue weighted by atomic mass is 9.98. The van der Waals surface area contributed by atoms with Crippen molar-refractivity contribution in [1.82, 2.24) is 4.90 Å². The number of aliphatic hydroxyl groups excluding tert-OH is 1. The van der Waals surface area contributed by atoms with Crippen molar-refractivity contribution in [1.29, 1.82) is 0 Å². The maximum Gasteiger partial charge on any atom is 0.0593 e. The minimum absolute atomic E-state index is 0.361. The standard InChI is InChI=1S/C11H23NO2/c1-2-8-14-9-7-12-5-3-11(10-13)4-6-12/h11,13H,2-10H2,1H3. The van der Waals surface area contributed by atoms with Crippen molar-refractivity contribution in [3.05, 3.63) is 0 Å². The van der Waals surface area contributed by atoms with Gasteiger partial charge in [-0.1, -0.05) is 6.92 Å². The normalized spacial score (nSPS) is 20.1. The maximum absolute atomic E-state index is 8.98. The van der Waals surface area contributed by atoms with Gasteiger partial charge < -0.3 is 14.7 Å². The summed E-state index contributed by atoms with van der Waals surface area (Å²) < 4.78 is 5.45. The van der Waals surface area contributed by atoms with E-state index in [2.05, 4.69) is 11.8 Å². The molecule has 14 heavy (non-hydrogen) atoms. The SMILES string of the molecule is CCCOCCN1CCC(CO)CC1. The molecule has 1 heterocycles. The molecule has 0 radical (unpaired) electrons. The van der Waals surface area contributed by atoms with Crippen molar-refractivity contribution in [3.8, 4) is 0 Å². The highest BCUT2D eigenvalue weighted by molar-refractivity contribution is 4.71. The second-order valence-electron chi connectivity index (χ2n) is 4.08. The summed E-state index contributed by atoms with van der Waals surface area (Å²) in [5.41, 5.74) is 0. The monoisotopic (exact) mass is 201 g/mol. The van der Waals surface area contributed by atoms with Crippen molar-refractivity contribution in [2.24, 2.45) is 5.92 Å². The first kappa shape index (κ1) is 12.0. The van der Waals surface area contributed by atoms with Gasteiger partial charge in [0.25, 0.3) is 0 Å². The van der Waals surface area contributed by atoms with E-state index < -0.39 is 0 Å². The topological polar surface area (TPSA) is 32.7 Å². The van der Waals surface area contributed by atoms with Gasteiger partial charge in [0.15, 0.2) is 0 Å². The minimum atomic E-state index is 0.361.